The lowest BCUT2D eigenvalue weighted by atomic mass is 9.90. The van der Waals surface area contributed by atoms with Gasteiger partial charge in [0.2, 0.25) is 5.91 Å². The van der Waals surface area contributed by atoms with E-state index in [1.165, 1.54) is 6.92 Å². The number of amides is 2. The van der Waals surface area contributed by atoms with Gasteiger partial charge in [-0.15, -0.1) is 0 Å². The average molecular weight is 406 g/mol. The van der Waals surface area contributed by atoms with Gasteiger partial charge in [0.05, 0.1) is 12.7 Å². The summed E-state index contributed by atoms with van der Waals surface area (Å²) in [6.45, 7) is 3.66. The fraction of sp³-hybridized carbons (Fsp3) is 0.609. The number of hydrogen-bond acceptors (Lipinski definition) is 5. The van der Waals surface area contributed by atoms with Crippen LogP contribution >= 0.6 is 0 Å². The Morgan fingerprint density at radius 1 is 1.24 bits per heavy atom. The van der Waals surface area contributed by atoms with Crippen molar-refractivity contribution in [2.24, 2.45) is 11.8 Å². The summed E-state index contributed by atoms with van der Waals surface area (Å²) in [4.78, 5) is 33.9. The smallest absolute Gasteiger partial charge is 0.413 e. The first-order chi connectivity index (χ1) is 13.9. The predicted octanol–water partition coefficient (Wildman–Crippen LogP) is 4.24. The van der Waals surface area contributed by atoms with Gasteiger partial charge in [-0.3, -0.25) is 14.9 Å². The lowest BCUT2D eigenvalue weighted by Crippen LogP contribution is -2.28. The normalized spacial score (nSPS) is 19.9. The van der Waals surface area contributed by atoms with Crippen LogP contribution in [0.15, 0.2) is 36.5 Å². The first-order valence-electron chi connectivity index (χ1n) is 10.6. The molecule has 0 heterocycles. The number of rotatable bonds is 13. The number of carbonyl (C=O) groups is 3. The van der Waals surface area contributed by atoms with E-state index in [0.717, 1.165) is 38.5 Å². The number of carbonyl (C=O) groups excluding carboxylic acids is 3. The van der Waals surface area contributed by atoms with Gasteiger partial charge < -0.3 is 9.84 Å². The standard InChI is InChI=1S/C23H35NO5/c1-3-4-8-11-20(26)15-13-19-14-16-22(27)21(19)12-9-6-5-7-10-17-29-23(28)24-18(2)25/h6,9,13-16,19-21,26H,3-5,7-8,10-12,17H2,1-2H3,(H,24,25,28)/b9-6-,15-13+/t19-,20-,21+/m0/s1. The molecule has 6 nitrogen and oxygen atoms in total. The van der Waals surface area contributed by atoms with Crippen LogP contribution in [-0.2, 0) is 14.3 Å². The first-order valence-corrected chi connectivity index (χ1v) is 10.6. The van der Waals surface area contributed by atoms with E-state index in [4.69, 9.17) is 4.74 Å². The molecule has 6 heteroatoms. The first kappa shape index (κ1) is 24.8. The van der Waals surface area contributed by atoms with E-state index >= 15 is 0 Å². The summed E-state index contributed by atoms with van der Waals surface area (Å²) in [5.74, 6) is -0.354. The zero-order valence-electron chi connectivity index (χ0n) is 17.6. The minimum atomic E-state index is -0.713. The van der Waals surface area contributed by atoms with Gasteiger partial charge in [-0.1, -0.05) is 56.6 Å². The Balaban J connectivity index is 2.24. The van der Waals surface area contributed by atoms with Gasteiger partial charge in [0.1, 0.15) is 0 Å². The van der Waals surface area contributed by atoms with Crippen molar-refractivity contribution in [2.45, 2.75) is 71.3 Å². The third-order valence-electron chi connectivity index (χ3n) is 4.80. The monoisotopic (exact) mass is 405 g/mol. The number of aliphatic hydroxyl groups excluding tert-OH is 1. The molecule has 0 fully saturated rings. The van der Waals surface area contributed by atoms with Crippen molar-refractivity contribution < 1.29 is 24.2 Å². The molecule has 0 unspecified atom stereocenters. The topological polar surface area (TPSA) is 92.7 Å². The second-order valence-corrected chi connectivity index (χ2v) is 7.41. The molecular formula is C23H35NO5. The van der Waals surface area contributed by atoms with Gasteiger partial charge in [0.15, 0.2) is 5.78 Å². The van der Waals surface area contributed by atoms with Gasteiger partial charge in [-0.05, 0) is 38.2 Å². The maximum absolute atomic E-state index is 12.1. The second-order valence-electron chi connectivity index (χ2n) is 7.41. The molecule has 1 aliphatic rings. The molecule has 1 aliphatic carbocycles. The molecule has 0 spiro atoms. The molecule has 0 aliphatic heterocycles. The fourth-order valence-corrected chi connectivity index (χ4v) is 3.15. The lowest BCUT2D eigenvalue weighted by molar-refractivity contribution is -0.119. The second kappa shape index (κ2) is 14.7. The molecule has 0 aromatic rings. The Morgan fingerprint density at radius 3 is 2.76 bits per heavy atom. The van der Waals surface area contributed by atoms with Gasteiger partial charge in [0, 0.05) is 18.8 Å². The van der Waals surface area contributed by atoms with E-state index < -0.39 is 18.1 Å². The number of alkyl carbamates (subject to hydrolysis) is 1. The van der Waals surface area contributed by atoms with Crippen molar-refractivity contribution in [1.29, 1.82) is 0 Å². The number of imide groups is 1. The summed E-state index contributed by atoms with van der Waals surface area (Å²) in [7, 11) is 0. The van der Waals surface area contributed by atoms with Gasteiger partial charge in [-0.25, -0.2) is 4.79 Å². The van der Waals surface area contributed by atoms with Gasteiger partial charge in [0.25, 0.3) is 0 Å². The van der Waals surface area contributed by atoms with E-state index in [-0.39, 0.29) is 24.2 Å². The van der Waals surface area contributed by atoms with E-state index in [2.05, 4.69) is 12.2 Å². The maximum atomic E-state index is 12.1. The molecule has 29 heavy (non-hydrogen) atoms. The van der Waals surface area contributed by atoms with Crippen molar-refractivity contribution >= 4 is 17.8 Å². The van der Waals surface area contributed by atoms with Crippen molar-refractivity contribution in [3.8, 4) is 0 Å². The minimum Gasteiger partial charge on any atom is -0.449 e. The number of allylic oxidation sites excluding steroid dienone is 5. The maximum Gasteiger partial charge on any atom is 0.413 e. The van der Waals surface area contributed by atoms with Crippen molar-refractivity contribution in [3.63, 3.8) is 0 Å². The Hall–Kier alpha value is -2.21. The molecule has 0 aromatic heterocycles. The van der Waals surface area contributed by atoms with Crippen molar-refractivity contribution in [3.05, 3.63) is 36.5 Å². The number of nitrogens with one attached hydrogen (secondary N) is 1. The fourth-order valence-electron chi connectivity index (χ4n) is 3.15. The number of ether oxygens (including phenoxy) is 1. The SMILES string of the molecule is CCCCC[C@H](O)/C=C/[C@H]1C=CC(=O)[C@@H]1C/C=C\CCCCOC(=O)NC(C)=O. The van der Waals surface area contributed by atoms with Crippen LogP contribution in [-0.4, -0.2) is 35.6 Å². The molecule has 0 saturated heterocycles. The highest BCUT2D eigenvalue weighted by Crippen LogP contribution is 2.27. The molecule has 2 N–H and O–H groups in total. The Labute approximate surface area is 174 Å². The molecule has 0 aromatic carbocycles. The predicted molar refractivity (Wildman–Crippen MR) is 113 cm³/mol. The largest absolute Gasteiger partial charge is 0.449 e. The summed E-state index contributed by atoms with van der Waals surface area (Å²) in [6, 6.07) is 0. The van der Waals surface area contributed by atoms with Crippen LogP contribution in [0.2, 0.25) is 0 Å². The van der Waals surface area contributed by atoms with Crippen LogP contribution in [0.25, 0.3) is 0 Å². The molecular weight excluding hydrogens is 370 g/mol. The van der Waals surface area contributed by atoms with Crippen LogP contribution in [0.4, 0.5) is 4.79 Å². The number of hydrogen-bond donors (Lipinski definition) is 2. The zero-order chi connectivity index (χ0) is 21.5. The Kier molecular flexibility index (Phi) is 12.6. The van der Waals surface area contributed by atoms with Crippen molar-refractivity contribution in [1.82, 2.24) is 5.32 Å². The van der Waals surface area contributed by atoms with Crippen LogP contribution in [0.3, 0.4) is 0 Å². The number of aliphatic hydroxyl groups is 1. The van der Waals surface area contributed by atoms with Crippen LogP contribution < -0.4 is 5.32 Å². The molecule has 0 bridgehead atoms. The number of ketones is 1. The molecule has 2 amide bonds. The highest BCUT2D eigenvalue weighted by Gasteiger charge is 2.27. The van der Waals surface area contributed by atoms with Gasteiger partial charge >= 0.3 is 6.09 Å². The average Bonchev–Trinajstić information content (AvgIpc) is 3.01. The Morgan fingerprint density at radius 2 is 2.03 bits per heavy atom. The number of unbranched alkanes of at least 4 members (excludes halogenated alkanes) is 4. The quantitative estimate of drug-likeness (QED) is 0.353. The summed E-state index contributed by atoms with van der Waals surface area (Å²) in [5, 5.41) is 12.1. The van der Waals surface area contributed by atoms with Gasteiger partial charge in [-0.2, -0.15) is 0 Å². The highest BCUT2D eigenvalue weighted by molar-refractivity contribution is 5.95. The van der Waals surface area contributed by atoms with Crippen LogP contribution in [0, 0.1) is 11.8 Å². The summed E-state index contributed by atoms with van der Waals surface area (Å²) < 4.78 is 4.87. The molecule has 3 atom stereocenters. The highest BCUT2D eigenvalue weighted by atomic mass is 16.5. The third kappa shape index (κ3) is 11.4. The lowest BCUT2D eigenvalue weighted by Gasteiger charge is -2.13. The summed E-state index contributed by atoms with van der Waals surface area (Å²) in [5.41, 5.74) is 0. The van der Waals surface area contributed by atoms with Crippen LogP contribution in [0.5, 0.6) is 0 Å². The van der Waals surface area contributed by atoms with E-state index in [9.17, 15) is 19.5 Å². The van der Waals surface area contributed by atoms with E-state index in [1.54, 1.807) is 6.08 Å². The third-order valence-corrected chi connectivity index (χ3v) is 4.80. The minimum absolute atomic E-state index is 0.0427. The zero-order valence-corrected chi connectivity index (χ0v) is 17.6. The van der Waals surface area contributed by atoms with Crippen molar-refractivity contribution in [2.75, 3.05) is 6.61 Å². The molecule has 162 valence electrons. The molecule has 0 radical (unpaired) electrons. The van der Waals surface area contributed by atoms with Crippen LogP contribution in [0.1, 0.15) is 65.2 Å². The summed E-state index contributed by atoms with van der Waals surface area (Å²) in [6.07, 6.45) is 17.4. The molecule has 0 saturated carbocycles. The van der Waals surface area contributed by atoms with E-state index in [0.29, 0.717) is 12.8 Å². The Bertz CT molecular complexity index is 608. The molecule has 1 rings (SSSR count). The van der Waals surface area contributed by atoms with E-state index in [1.807, 2.05) is 30.4 Å². The summed E-state index contributed by atoms with van der Waals surface area (Å²) >= 11 is 0.